The van der Waals surface area contributed by atoms with E-state index in [9.17, 15) is 0 Å². The zero-order valence-electron chi connectivity index (χ0n) is 11.7. The molecule has 3 nitrogen and oxygen atoms in total. The first kappa shape index (κ1) is 14.1. The molecule has 0 radical (unpaired) electrons. The van der Waals surface area contributed by atoms with Crippen LogP contribution < -0.4 is 5.32 Å². The van der Waals surface area contributed by atoms with Crippen molar-refractivity contribution in [3.63, 3.8) is 0 Å². The highest BCUT2D eigenvalue weighted by atomic mass is 14.9. The second-order valence-electron chi connectivity index (χ2n) is 5.53. The van der Waals surface area contributed by atoms with Crippen molar-refractivity contribution >= 4 is 0 Å². The van der Waals surface area contributed by atoms with Gasteiger partial charge in [-0.15, -0.1) is 0 Å². The Balaban J connectivity index is 2.78. The largest absolute Gasteiger partial charge is 0.313 e. The molecule has 3 heteroatoms. The minimum absolute atomic E-state index is 0.243. The number of likely N-dealkylation sites (N-methyl/N-ethyl adjacent to an activating group) is 1. The molecule has 1 rings (SSSR count). The van der Waals surface area contributed by atoms with Crippen molar-refractivity contribution in [1.29, 1.82) is 0 Å². The number of rotatable bonds is 5. The fourth-order valence-electron chi connectivity index (χ4n) is 1.89. The SMILES string of the molecule is CCNC(Cc1cc(CC)ncn1)C(C)(C)C. The third kappa shape index (κ3) is 4.43. The number of nitrogens with one attached hydrogen (secondary N) is 1. The lowest BCUT2D eigenvalue weighted by Gasteiger charge is -2.31. The summed E-state index contributed by atoms with van der Waals surface area (Å²) in [7, 11) is 0. The maximum absolute atomic E-state index is 4.37. The van der Waals surface area contributed by atoms with Gasteiger partial charge in [0, 0.05) is 23.9 Å². The third-order valence-electron chi connectivity index (χ3n) is 3.05. The summed E-state index contributed by atoms with van der Waals surface area (Å²) in [6, 6.07) is 2.57. The normalized spacial score (nSPS) is 13.7. The zero-order chi connectivity index (χ0) is 12.9. The van der Waals surface area contributed by atoms with Crippen LogP contribution >= 0.6 is 0 Å². The van der Waals surface area contributed by atoms with E-state index in [-0.39, 0.29) is 5.41 Å². The average molecular weight is 235 g/mol. The van der Waals surface area contributed by atoms with Crippen LogP contribution in [0.5, 0.6) is 0 Å². The molecule has 0 spiro atoms. The second-order valence-corrected chi connectivity index (χ2v) is 5.53. The maximum atomic E-state index is 4.37. The summed E-state index contributed by atoms with van der Waals surface area (Å²) >= 11 is 0. The van der Waals surface area contributed by atoms with Crippen LogP contribution in [0.3, 0.4) is 0 Å². The van der Waals surface area contributed by atoms with Gasteiger partial charge in [-0.1, -0.05) is 34.6 Å². The van der Waals surface area contributed by atoms with E-state index in [1.165, 1.54) is 0 Å². The van der Waals surface area contributed by atoms with Crippen LogP contribution in [0, 0.1) is 5.41 Å². The van der Waals surface area contributed by atoms with E-state index in [4.69, 9.17) is 0 Å². The summed E-state index contributed by atoms with van der Waals surface area (Å²) in [4.78, 5) is 8.61. The number of aromatic nitrogens is 2. The molecule has 1 N–H and O–H groups in total. The van der Waals surface area contributed by atoms with Crippen molar-refractivity contribution in [1.82, 2.24) is 15.3 Å². The highest BCUT2D eigenvalue weighted by Gasteiger charge is 2.24. The average Bonchev–Trinajstić information content (AvgIpc) is 2.27. The molecule has 1 unspecified atom stereocenters. The van der Waals surface area contributed by atoms with E-state index in [1.54, 1.807) is 6.33 Å². The molecule has 0 saturated carbocycles. The number of aryl methyl sites for hydroxylation is 1. The standard InChI is InChI=1S/C14H25N3/c1-6-11-8-12(17-10-16-11)9-13(15-7-2)14(3,4)5/h8,10,13,15H,6-7,9H2,1-5H3. The van der Waals surface area contributed by atoms with Gasteiger partial charge in [0.25, 0.3) is 0 Å². The molecule has 0 aliphatic rings. The lowest BCUT2D eigenvalue weighted by atomic mass is 9.84. The molecule has 0 fully saturated rings. The topological polar surface area (TPSA) is 37.8 Å². The Hall–Kier alpha value is -0.960. The minimum atomic E-state index is 0.243. The Kier molecular flexibility index (Phi) is 5.06. The molecule has 0 aliphatic carbocycles. The van der Waals surface area contributed by atoms with Crippen LogP contribution in [0.4, 0.5) is 0 Å². The minimum Gasteiger partial charge on any atom is -0.313 e. The summed E-state index contributed by atoms with van der Waals surface area (Å²) < 4.78 is 0. The molecule has 1 heterocycles. The van der Waals surface area contributed by atoms with E-state index in [2.05, 4.69) is 56.0 Å². The second kappa shape index (κ2) is 6.10. The van der Waals surface area contributed by atoms with Gasteiger partial charge in [0.05, 0.1) is 0 Å². The number of hydrogen-bond acceptors (Lipinski definition) is 3. The molecule has 1 aromatic rings. The Labute approximate surface area is 105 Å². The highest BCUT2D eigenvalue weighted by molar-refractivity contribution is 5.10. The predicted octanol–water partition coefficient (Wildman–Crippen LogP) is 2.61. The van der Waals surface area contributed by atoms with Crippen LogP contribution in [0.1, 0.15) is 46.0 Å². The van der Waals surface area contributed by atoms with Crippen molar-refractivity contribution < 1.29 is 0 Å². The van der Waals surface area contributed by atoms with Crippen LogP contribution in [0.15, 0.2) is 12.4 Å². The molecule has 1 aromatic heterocycles. The Morgan fingerprint density at radius 1 is 1.18 bits per heavy atom. The number of nitrogens with zero attached hydrogens (tertiary/aromatic N) is 2. The van der Waals surface area contributed by atoms with Crippen LogP contribution in [0.25, 0.3) is 0 Å². The van der Waals surface area contributed by atoms with Gasteiger partial charge < -0.3 is 5.32 Å². The van der Waals surface area contributed by atoms with Gasteiger partial charge in [-0.3, -0.25) is 0 Å². The molecule has 0 aromatic carbocycles. The summed E-state index contributed by atoms with van der Waals surface area (Å²) in [5.41, 5.74) is 2.50. The Morgan fingerprint density at radius 2 is 1.82 bits per heavy atom. The van der Waals surface area contributed by atoms with Gasteiger partial charge >= 0.3 is 0 Å². The maximum Gasteiger partial charge on any atom is 0.115 e. The van der Waals surface area contributed by atoms with Crippen molar-refractivity contribution in [2.45, 2.75) is 53.5 Å². The van der Waals surface area contributed by atoms with Gasteiger partial charge in [0.2, 0.25) is 0 Å². The first-order valence-corrected chi connectivity index (χ1v) is 6.50. The van der Waals surface area contributed by atoms with Gasteiger partial charge in [0.1, 0.15) is 6.33 Å². The number of hydrogen-bond donors (Lipinski definition) is 1. The lowest BCUT2D eigenvalue weighted by molar-refractivity contribution is 0.268. The fraction of sp³-hybridized carbons (Fsp3) is 0.714. The van der Waals surface area contributed by atoms with Gasteiger partial charge in [-0.05, 0) is 24.4 Å². The molecule has 0 bridgehead atoms. The molecule has 0 aliphatic heterocycles. The van der Waals surface area contributed by atoms with Crippen LogP contribution in [-0.2, 0) is 12.8 Å². The molecule has 0 amide bonds. The zero-order valence-corrected chi connectivity index (χ0v) is 11.7. The van der Waals surface area contributed by atoms with Crippen molar-refractivity contribution in [3.05, 3.63) is 23.8 Å². The lowest BCUT2D eigenvalue weighted by Crippen LogP contribution is -2.42. The van der Waals surface area contributed by atoms with E-state index in [0.717, 1.165) is 30.8 Å². The Bertz CT molecular complexity index is 342. The van der Waals surface area contributed by atoms with Crippen molar-refractivity contribution in [3.8, 4) is 0 Å². The molecule has 0 saturated heterocycles. The van der Waals surface area contributed by atoms with Crippen molar-refractivity contribution in [2.75, 3.05) is 6.54 Å². The van der Waals surface area contributed by atoms with E-state index in [0.29, 0.717) is 6.04 Å². The van der Waals surface area contributed by atoms with Crippen LogP contribution in [-0.4, -0.2) is 22.6 Å². The van der Waals surface area contributed by atoms with Gasteiger partial charge in [-0.25, -0.2) is 9.97 Å². The monoisotopic (exact) mass is 235 g/mol. The van der Waals surface area contributed by atoms with Gasteiger partial charge in [0.15, 0.2) is 0 Å². The van der Waals surface area contributed by atoms with Crippen molar-refractivity contribution in [2.24, 2.45) is 5.41 Å². The van der Waals surface area contributed by atoms with Gasteiger partial charge in [-0.2, -0.15) is 0 Å². The molecular formula is C14H25N3. The van der Waals surface area contributed by atoms with E-state index >= 15 is 0 Å². The molecule has 96 valence electrons. The quantitative estimate of drug-likeness (QED) is 0.852. The molecule has 1 atom stereocenters. The highest BCUT2D eigenvalue weighted by Crippen LogP contribution is 2.22. The fourth-order valence-corrected chi connectivity index (χ4v) is 1.89. The summed E-state index contributed by atoms with van der Waals surface area (Å²) in [6.45, 7) is 12.1. The Morgan fingerprint density at radius 3 is 2.35 bits per heavy atom. The summed E-state index contributed by atoms with van der Waals surface area (Å²) in [6.07, 6.45) is 3.61. The summed E-state index contributed by atoms with van der Waals surface area (Å²) in [5, 5.41) is 3.55. The molecular weight excluding hydrogens is 210 g/mol. The first-order chi connectivity index (χ1) is 7.97. The first-order valence-electron chi connectivity index (χ1n) is 6.50. The van der Waals surface area contributed by atoms with E-state index < -0.39 is 0 Å². The van der Waals surface area contributed by atoms with Crippen LogP contribution in [0.2, 0.25) is 0 Å². The third-order valence-corrected chi connectivity index (χ3v) is 3.05. The predicted molar refractivity (Wildman–Crippen MR) is 72.0 cm³/mol. The molecule has 17 heavy (non-hydrogen) atoms. The van der Waals surface area contributed by atoms with E-state index in [1.807, 2.05) is 0 Å². The summed E-state index contributed by atoms with van der Waals surface area (Å²) in [5.74, 6) is 0. The smallest absolute Gasteiger partial charge is 0.115 e.